The molecule has 0 bridgehead atoms. The number of hydrogen-bond donors (Lipinski definition) is 2. The van der Waals surface area contributed by atoms with Gasteiger partial charge in [-0.1, -0.05) is 57.2 Å². The first-order valence-electron chi connectivity index (χ1n) is 13.1. The van der Waals surface area contributed by atoms with Crippen molar-refractivity contribution >= 4 is 29.5 Å². The van der Waals surface area contributed by atoms with Crippen molar-refractivity contribution in [2.24, 2.45) is 16.6 Å². The van der Waals surface area contributed by atoms with Crippen LogP contribution in [0, 0.1) is 5.92 Å². The van der Waals surface area contributed by atoms with Gasteiger partial charge in [-0.25, -0.2) is 4.99 Å². The Morgan fingerprint density at radius 1 is 1.11 bits per heavy atom. The summed E-state index contributed by atoms with van der Waals surface area (Å²) in [4.78, 5) is 31.5. The number of nitrogens with two attached hydrogens (primary N) is 1. The summed E-state index contributed by atoms with van der Waals surface area (Å²) in [5.41, 5.74) is 11.5. The topological polar surface area (TPSA) is 105 Å². The number of fused-ring (bicyclic) bond motifs is 1. The SMILES string of the molecule is CCCN(CCCO)C(=O)C1=Cc2ccc(-c3ccc(CCC(=O)OCC(C)C)cc3)cc2N=C(N)C1. The summed E-state index contributed by atoms with van der Waals surface area (Å²) >= 11 is 0. The van der Waals surface area contributed by atoms with E-state index >= 15 is 0 Å². The average molecular weight is 506 g/mol. The molecule has 0 atom stereocenters. The van der Waals surface area contributed by atoms with Crippen LogP contribution in [0.3, 0.4) is 0 Å². The number of aryl methyl sites for hydroxylation is 1. The van der Waals surface area contributed by atoms with Crippen molar-refractivity contribution in [1.29, 1.82) is 0 Å². The Morgan fingerprint density at radius 3 is 2.51 bits per heavy atom. The standard InChI is InChI=1S/C30H39N3O4/c1-4-14-33(15-5-16-34)30(36)26-17-25-12-11-24(18-27(25)32-28(31)19-26)23-9-6-22(7-10-23)8-13-29(35)37-20-21(2)3/h6-7,9-12,17-18,21,34H,4-5,8,13-16,19-20H2,1-3H3,(H2,31,32). The van der Waals surface area contributed by atoms with E-state index in [4.69, 9.17) is 10.5 Å². The smallest absolute Gasteiger partial charge is 0.306 e. The number of amides is 1. The van der Waals surface area contributed by atoms with Crippen LogP contribution in [0.25, 0.3) is 17.2 Å². The molecule has 0 saturated heterocycles. The number of hydrogen-bond acceptors (Lipinski definition) is 6. The quantitative estimate of drug-likeness (QED) is 0.400. The summed E-state index contributed by atoms with van der Waals surface area (Å²) in [5, 5.41) is 9.20. The van der Waals surface area contributed by atoms with E-state index < -0.39 is 0 Å². The first-order valence-corrected chi connectivity index (χ1v) is 13.1. The third kappa shape index (κ3) is 8.29. The van der Waals surface area contributed by atoms with Crippen LogP contribution in [0.4, 0.5) is 5.69 Å². The predicted octanol–water partition coefficient (Wildman–Crippen LogP) is 4.88. The van der Waals surface area contributed by atoms with E-state index in [2.05, 4.69) is 4.99 Å². The van der Waals surface area contributed by atoms with Crippen molar-refractivity contribution in [2.75, 3.05) is 26.3 Å². The van der Waals surface area contributed by atoms with Gasteiger partial charge in [0.2, 0.25) is 5.91 Å². The monoisotopic (exact) mass is 505 g/mol. The second-order valence-corrected chi connectivity index (χ2v) is 9.87. The van der Waals surface area contributed by atoms with Crippen molar-refractivity contribution in [3.05, 3.63) is 59.2 Å². The van der Waals surface area contributed by atoms with Crippen LogP contribution in [0.15, 0.2) is 53.0 Å². The van der Waals surface area contributed by atoms with Gasteiger partial charge in [0.25, 0.3) is 0 Å². The van der Waals surface area contributed by atoms with E-state index in [0.717, 1.165) is 34.4 Å². The molecule has 0 aliphatic carbocycles. The number of esters is 1. The highest BCUT2D eigenvalue weighted by Crippen LogP contribution is 2.32. The minimum atomic E-state index is -0.170. The molecular formula is C30H39N3O4. The van der Waals surface area contributed by atoms with E-state index in [9.17, 15) is 14.7 Å². The molecule has 1 aliphatic heterocycles. The number of carbonyl (C=O) groups excluding carboxylic acids is 2. The molecule has 7 nitrogen and oxygen atoms in total. The van der Waals surface area contributed by atoms with Gasteiger partial charge in [-0.3, -0.25) is 9.59 Å². The Balaban J connectivity index is 1.74. The Bertz CT molecular complexity index is 1140. The maximum Gasteiger partial charge on any atom is 0.306 e. The number of nitrogens with zero attached hydrogens (tertiary/aromatic N) is 2. The van der Waals surface area contributed by atoms with Crippen LogP contribution >= 0.6 is 0 Å². The largest absolute Gasteiger partial charge is 0.465 e. The molecule has 1 amide bonds. The van der Waals surface area contributed by atoms with Gasteiger partial charge in [-0.05, 0) is 54.0 Å². The van der Waals surface area contributed by atoms with Crippen LogP contribution in [-0.4, -0.2) is 54.0 Å². The van der Waals surface area contributed by atoms with Crippen molar-refractivity contribution < 1.29 is 19.4 Å². The molecule has 0 saturated carbocycles. The summed E-state index contributed by atoms with van der Waals surface area (Å²) in [6, 6.07) is 14.1. The molecule has 0 aromatic heterocycles. The summed E-state index contributed by atoms with van der Waals surface area (Å²) in [6.07, 6.45) is 4.56. The van der Waals surface area contributed by atoms with E-state index in [1.165, 1.54) is 0 Å². The normalized spacial score (nSPS) is 12.9. The fourth-order valence-corrected chi connectivity index (χ4v) is 4.20. The Morgan fingerprint density at radius 2 is 1.84 bits per heavy atom. The van der Waals surface area contributed by atoms with Gasteiger partial charge in [0.05, 0.1) is 12.3 Å². The van der Waals surface area contributed by atoms with Gasteiger partial charge >= 0.3 is 5.97 Å². The molecule has 1 aliphatic rings. The molecule has 37 heavy (non-hydrogen) atoms. The minimum absolute atomic E-state index is 0.0492. The lowest BCUT2D eigenvalue weighted by atomic mass is 9.99. The molecule has 0 radical (unpaired) electrons. The van der Waals surface area contributed by atoms with Crippen molar-refractivity contribution in [3.8, 4) is 11.1 Å². The molecule has 0 fully saturated rings. The van der Waals surface area contributed by atoms with Crippen molar-refractivity contribution in [3.63, 3.8) is 0 Å². The fraction of sp³-hybridized carbons (Fsp3) is 0.433. The van der Waals surface area contributed by atoms with Gasteiger partial charge in [0, 0.05) is 43.7 Å². The second kappa shape index (κ2) is 13.7. The summed E-state index contributed by atoms with van der Waals surface area (Å²) in [6.45, 7) is 7.71. The molecule has 198 valence electrons. The van der Waals surface area contributed by atoms with Crippen molar-refractivity contribution in [1.82, 2.24) is 4.90 Å². The number of ether oxygens (including phenoxy) is 1. The van der Waals surface area contributed by atoms with E-state index in [1.807, 2.05) is 69.3 Å². The summed E-state index contributed by atoms with van der Waals surface area (Å²) in [5.74, 6) is 0.498. The predicted molar refractivity (Wildman–Crippen MR) is 148 cm³/mol. The average Bonchev–Trinajstić information content (AvgIpc) is 3.05. The molecule has 0 unspecified atom stereocenters. The van der Waals surface area contributed by atoms with E-state index in [-0.39, 0.29) is 24.9 Å². The zero-order valence-electron chi connectivity index (χ0n) is 22.2. The number of benzene rings is 2. The first-order chi connectivity index (χ1) is 17.8. The second-order valence-electron chi connectivity index (χ2n) is 9.87. The zero-order valence-corrected chi connectivity index (χ0v) is 22.2. The molecule has 1 heterocycles. The number of aliphatic imine (C=N–C) groups is 1. The van der Waals surface area contributed by atoms with Crippen LogP contribution in [0.5, 0.6) is 0 Å². The third-order valence-electron chi connectivity index (χ3n) is 6.12. The van der Waals surface area contributed by atoms with Crippen LogP contribution in [0.1, 0.15) is 57.6 Å². The lowest BCUT2D eigenvalue weighted by Gasteiger charge is -2.23. The molecule has 2 aromatic rings. The van der Waals surface area contributed by atoms with Crippen LogP contribution in [-0.2, 0) is 20.7 Å². The van der Waals surface area contributed by atoms with Gasteiger partial charge in [-0.2, -0.15) is 0 Å². The summed E-state index contributed by atoms with van der Waals surface area (Å²) < 4.78 is 5.25. The van der Waals surface area contributed by atoms with Crippen LogP contribution < -0.4 is 5.73 Å². The molecule has 7 heteroatoms. The molecule has 3 rings (SSSR count). The minimum Gasteiger partial charge on any atom is -0.465 e. The van der Waals surface area contributed by atoms with Gasteiger partial charge in [-0.15, -0.1) is 0 Å². The maximum atomic E-state index is 13.2. The third-order valence-corrected chi connectivity index (χ3v) is 6.12. The first kappa shape index (κ1) is 28.1. The molecular weight excluding hydrogens is 466 g/mol. The van der Waals surface area contributed by atoms with Crippen molar-refractivity contribution in [2.45, 2.75) is 52.9 Å². The van der Waals surface area contributed by atoms with E-state index in [1.54, 1.807) is 4.90 Å². The summed E-state index contributed by atoms with van der Waals surface area (Å²) in [7, 11) is 0. The number of carbonyl (C=O) groups is 2. The number of amidine groups is 1. The highest BCUT2D eigenvalue weighted by Gasteiger charge is 2.21. The van der Waals surface area contributed by atoms with Gasteiger partial charge in [0.15, 0.2) is 0 Å². The van der Waals surface area contributed by atoms with Gasteiger partial charge < -0.3 is 20.5 Å². The van der Waals surface area contributed by atoms with Gasteiger partial charge in [0.1, 0.15) is 5.84 Å². The Hall–Kier alpha value is -3.45. The maximum absolute atomic E-state index is 13.2. The molecule has 0 spiro atoms. The van der Waals surface area contributed by atoms with Crippen LogP contribution in [0.2, 0.25) is 0 Å². The number of rotatable bonds is 12. The molecule has 3 N–H and O–H groups in total. The lowest BCUT2D eigenvalue weighted by Crippen LogP contribution is -2.35. The molecule has 2 aromatic carbocycles. The number of aliphatic hydroxyl groups excluding tert-OH is 1. The highest BCUT2D eigenvalue weighted by atomic mass is 16.5. The Labute approximate surface area is 220 Å². The van der Waals surface area contributed by atoms with E-state index in [0.29, 0.717) is 56.3 Å². The highest BCUT2D eigenvalue weighted by molar-refractivity contribution is 6.05. The zero-order chi connectivity index (χ0) is 26.8. The fourth-order valence-electron chi connectivity index (χ4n) is 4.20. The number of aliphatic hydroxyl groups is 1. The lowest BCUT2D eigenvalue weighted by molar-refractivity contribution is -0.144. The Kier molecular flexibility index (Phi) is 10.4.